The first-order valence-electron chi connectivity index (χ1n) is 6.77. The zero-order valence-electron chi connectivity index (χ0n) is 12.6. The van der Waals surface area contributed by atoms with Crippen LogP contribution in [0.4, 0.5) is 5.69 Å². The summed E-state index contributed by atoms with van der Waals surface area (Å²) in [4.78, 5) is 12.2. The SMILES string of the molecule is CC(C)c1ccc(NC(=O)[C@@H](C)Sc2nnnn2C)cc1. The Labute approximate surface area is 128 Å². The first-order valence-corrected chi connectivity index (χ1v) is 7.65. The predicted molar refractivity (Wildman–Crippen MR) is 83.3 cm³/mol. The number of anilines is 1. The van der Waals surface area contributed by atoms with Crippen LogP contribution >= 0.6 is 11.8 Å². The molecule has 0 saturated heterocycles. The van der Waals surface area contributed by atoms with E-state index in [2.05, 4.69) is 34.7 Å². The highest BCUT2D eigenvalue weighted by Crippen LogP contribution is 2.22. The number of benzene rings is 1. The molecule has 0 bridgehead atoms. The van der Waals surface area contributed by atoms with Gasteiger partial charge in [0.15, 0.2) is 0 Å². The number of aromatic nitrogens is 4. The van der Waals surface area contributed by atoms with E-state index in [1.807, 2.05) is 31.2 Å². The number of tetrazole rings is 1. The molecule has 0 radical (unpaired) electrons. The smallest absolute Gasteiger partial charge is 0.237 e. The number of amides is 1. The fourth-order valence-corrected chi connectivity index (χ4v) is 2.48. The zero-order chi connectivity index (χ0) is 15.4. The summed E-state index contributed by atoms with van der Waals surface area (Å²) < 4.78 is 1.55. The first-order chi connectivity index (χ1) is 9.97. The van der Waals surface area contributed by atoms with Crippen molar-refractivity contribution in [3.63, 3.8) is 0 Å². The van der Waals surface area contributed by atoms with Gasteiger partial charge in [0.05, 0.1) is 5.25 Å². The number of rotatable bonds is 5. The van der Waals surface area contributed by atoms with Crippen LogP contribution in [0.2, 0.25) is 0 Å². The quantitative estimate of drug-likeness (QED) is 0.859. The number of thioether (sulfide) groups is 1. The van der Waals surface area contributed by atoms with E-state index in [1.54, 1.807) is 11.7 Å². The van der Waals surface area contributed by atoms with Gasteiger partial charge >= 0.3 is 0 Å². The largest absolute Gasteiger partial charge is 0.325 e. The van der Waals surface area contributed by atoms with Crippen LogP contribution in [0.1, 0.15) is 32.3 Å². The van der Waals surface area contributed by atoms with Gasteiger partial charge in [0.25, 0.3) is 0 Å². The average Bonchev–Trinajstić information content (AvgIpc) is 2.84. The Morgan fingerprint density at radius 2 is 1.90 bits per heavy atom. The van der Waals surface area contributed by atoms with Crippen LogP contribution in [0.5, 0.6) is 0 Å². The topological polar surface area (TPSA) is 72.7 Å². The lowest BCUT2D eigenvalue weighted by atomic mass is 10.0. The summed E-state index contributed by atoms with van der Waals surface area (Å²) in [6.07, 6.45) is 0. The van der Waals surface area contributed by atoms with Gasteiger partial charge in [-0.2, -0.15) is 0 Å². The van der Waals surface area contributed by atoms with E-state index in [1.165, 1.54) is 17.3 Å². The zero-order valence-corrected chi connectivity index (χ0v) is 13.4. The standard InChI is InChI=1S/C14H19N5OS/c1-9(2)11-5-7-12(8-6-11)15-13(20)10(3)21-14-16-17-18-19(14)4/h5-10H,1-4H3,(H,15,20)/t10-/m1/s1. The molecule has 0 spiro atoms. The molecule has 1 N–H and O–H groups in total. The van der Waals surface area contributed by atoms with Gasteiger partial charge < -0.3 is 5.32 Å². The van der Waals surface area contributed by atoms with Crippen molar-refractivity contribution < 1.29 is 4.79 Å². The molecule has 21 heavy (non-hydrogen) atoms. The molecule has 0 saturated carbocycles. The van der Waals surface area contributed by atoms with Crippen LogP contribution in [0.15, 0.2) is 29.4 Å². The maximum Gasteiger partial charge on any atom is 0.237 e. The molecule has 1 aromatic carbocycles. The normalized spacial score (nSPS) is 12.4. The van der Waals surface area contributed by atoms with Crippen LogP contribution in [0.3, 0.4) is 0 Å². The third-order valence-electron chi connectivity index (χ3n) is 3.08. The van der Waals surface area contributed by atoms with E-state index in [9.17, 15) is 4.79 Å². The van der Waals surface area contributed by atoms with E-state index in [0.29, 0.717) is 11.1 Å². The van der Waals surface area contributed by atoms with E-state index < -0.39 is 0 Å². The number of nitrogens with zero attached hydrogens (tertiary/aromatic N) is 4. The minimum Gasteiger partial charge on any atom is -0.325 e. The van der Waals surface area contributed by atoms with Crippen LogP contribution in [0.25, 0.3) is 0 Å². The van der Waals surface area contributed by atoms with Crippen molar-refractivity contribution in [2.45, 2.75) is 37.1 Å². The second-order valence-corrected chi connectivity index (χ2v) is 6.42. The summed E-state index contributed by atoms with van der Waals surface area (Å²) in [5.74, 6) is 0.410. The van der Waals surface area contributed by atoms with Gasteiger partial charge in [0, 0.05) is 12.7 Å². The molecule has 2 rings (SSSR count). The Bertz CT molecular complexity index is 608. The number of nitrogens with one attached hydrogen (secondary N) is 1. The average molecular weight is 305 g/mol. The summed E-state index contributed by atoms with van der Waals surface area (Å²) in [5.41, 5.74) is 2.05. The van der Waals surface area contributed by atoms with E-state index in [0.717, 1.165) is 5.69 Å². The third-order valence-corrected chi connectivity index (χ3v) is 4.20. The lowest BCUT2D eigenvalue weighted by Gasteiger charge is -2.12. The summed E-state index contributed by atoms with van der Waals surface area (Å²) in [5, 5.41) is 14.4. The molecule has 1 atom stereocenters. The lowest BCUT2D eigenvalue weighted by Crippen LogP contribution is -2.22. The highest BCUT2D eigenvalue weighted by atomic mass is 32.2. The highest BCUT2D eigenvalue weighted by Gasteiger charge is 2.17. The Hall–Kier alpha value is -1.89. The van der Waals surface area contributed by atoms with Gasteiger partial charge in [-0.15, -0.1) is 5.10 Å². The molecule has 0 unspecified atom stereocenters. The van der Waals surface area contributed by atoms with Gasteiger partial charge in [-0.3, -0.25) is 4.79 Å². The van der Waals surface area contributed by atoms with Gasteiger partial charge in [-0.05, 0) is 41.0 Å². The molecule has 1 heterocycles. The lowest BCUT2D eigenvalue weighted by molar-refractivity contribution is -0.115. The molecule has 112 valence electrons. The Morgan fingerprint density at radius 1 is 1.24 bits per heavy atom. The summed E-state index contributed by atoms with van der Waals surface area (Å²) in [7, 11) is 1.75. The van der Waals surface area contributed by atoms with Crippen LogP contribution in [0, 0.1) is 0 Å². The van der Waals surface area contributed by atoms with E-state index in [-0.39, 0.29) is 11.2 Å². The molecule has 0 aliphatic heterocycles. The van der Waals surface area contributed by atoms with Crippen LogP contribution < -0.4 is 5.32 Å². The summed E-state index contributed by atoms with van der Waals surface area (Å²) in [6.45, 7) is 6.11. The third kappa shape index (κ3) is 4.04. The van der Waals surface area contributed by atoms with Crippen molar-refractivity contribution in [3.8, 4) is 0 Å². The molecule has 0 fully saturated rings. The van der Waals surface area contributed by atoms with Crippen molar-refractivity contribution in [1.29, 1.82) is 0 Å². The number of carbonyl (C=O) groups is 1. The molecule has 6 nitrogen and oxygen atoms in total. The second-order valence-electron chi connectivity index (χ2n) is 5.11. The van der Waals surface area contributed by atoms with Crippen LogP contribution in [-0.4, -0.2) is 31.4 Å². The number of hydrogen-bond donors (Lipinski definition) is 1. The fraction of sp³-hybridized carbons (Fsp3) is 0.429. The van der Waals surface area contributed by atoms with Crippen molar-refractivity contribution in [2.24, 2.45) is 7.05 Å². The molecule has 0 aliphatic carbocycles. The Kier molecular flexibility index (Phi) is 4.95. The maximum absolute atomic E-state index is 12.2. The fourth-order valence-electron chi connectivity index (χ4n) is 1.73. The molecule has 7 heteroatoms. The van der Waals surface area contributed by atoms with Gasteiger partial charge in [-0.25, -0.2) is 4.68 Å². The molecule has 1 aromatic heterocycles. The Morgan fingerprint density at radius 3 is 2.43 bits per heavy atom. The highest BCUT2D eigenvalue weighted by molar-refractivity contribution is 8.00. The predicted octanol–water partition coefficient (Wildman–Crippen LogP) is 2.45. The van der Waals surface area contributed by atoms with Crippen molar-refractivity contribution in [2.75, 3.05) is 5.32 Å². The molecular formula is C14H19N5OS. The van der Waals surface area contributed by atoms with E-state index >= 15 is 0 Å². The van der Waals surface area contributed by atoms with E-state index in [4.69, 9.17) is 0 Å². The van der Waals surface area contributed by atoms with Gasteiger partial charge in [0.2, 0.25) is 11.1 Å². The number of hydrogen-bond acceptors (Lipinski definition) is 5. The van der Waals surface area contributed by atoms with Crippen LogP contribution in [-0.2, 0) is 11.8 Å². The molecule has 2 aromatic rings. The van der Waals surface area contributed by atoms with Gasteiger partial charge in [-0.1, -0.05) is 37.7 Å². The number of aryl methyl sites for hydroxylation is 1. The summed E-state index contributed by atoms with van der Waals surface area (Å²) >= 11 is 1.33. The maximum atomic E-state index is 12.2. The van der Waals surface area contributed by atoms with Gasteiger partial charge in [0.1, 0.15) is 0 Å². The molecule has 0 aliphatic rings. The molecule has 1 amide bonds. The van der Waals surface area contributed by atoms with Crippen molar-refractivity contribution >= 4 is 23.4 Å². The first kappa shape index (κ1) is 15.5. The summed E-state index contributed by atoms with van der Waals surface area (Å²) in [6, 6.07) is 7.92. The van der Waals surface area contributed by atoms with Crippen molar-refractivity contribution in [3.05, 3.63) is 29.8 Å². The monoisotopic (exact) mass is 305 g/mol. The number of carbonyl (C=O) groups excluding carboxylic acids is 1. The van der Waals surface area contributed by atoms with Crippen molar-refractivity contribution in [1.82, 2.24) is 20.2 Å². The minimum atomic E-state index is -0.278. The molecular weight excluding hydrogens is 286 g/mol. The minimum absolute atomic E-state index is 0.0692. The second kappa shape index (κ2) is 6.71. The Balaban J connectivity index is 1.95.